The summed E-state index contributed by atoms with van der Waals surface area (Å²) in [6.07, 6.45) is 0.435. The minimum Gasteiger partial charge on any atom is -0.481 e. The van der Waals surface area contributed by atoms with Gasteiger partial charge in [0.25, 0.3) is 11.8 Å². The van der Waals surface area contributed by atoms with Crippen molar-refractivity contribution in [2.75, 3.05) is 13.1 Å². The molecule has 0 spiro atoms. The van der Waals surface area contributed by atoms with Crippen LogP contribution in [0.4, 0.5) is 0 Å². The van der Waals surface area contributed by atoms with Crippen molar-refractivity contribution in [2.24, 2.45) is 0 Å². The number of hydrogen-bond donors (Lipinski definition) is 2. The minimum absolute atomic E-state index is 0.0819. The zero-order valence-corrected chi connectivity index (χ0v) is 22.1. The number of benzene rings is 4. The number of amides is 2. The maximum Gasteiger partial charge on any atom is 0.305 e. The van der Waals surface area contributed by atoms with Crippen molar-refractivity contribution in [2.45, 2.75) is 19.4 Å². The van der Waals surface area contributed by atoms with Crippen molar-refractivity contribution < 1.29 is 19.5 Å². The van der Waals surface area contributed by atoms with Crippen LogP contribution in [0.1, 0.15) is 38.3 Å². The molecule has 4 aromatic carbocycles. The summed E-state index contributed by atoms with van der Waals surface area (Å²) in [5.41, 5.74) is 4.05. The highest BCUT2D eigenvalue weighted by atomic mass is 35.5. The van der Waals surface area contributed by atoms with E-state index in [1.165, 1.54) is 0 Å². The third-order valence-electron chi connectivity index (χ3n) is 6.38. The zero-order valence-electron chi connectivity index (χ0n) is 21.3. The van der Waals surface area contributed by atoms with Gasteiger partial charge in [0.2, 0.25) is 0 Å². The Kier molecular flexibility index (Phi) is 9.48. The van der Waals surface area contributed by atoms with Crippen molar-refractivity contribution in [3.05, 3.63) is 130 Å². The molecule has 0 atom stereocenters. The number of nitrogens with zero attached hydrogens (tertiary/aromatic N) is 1. The quantitative estimate of drug-likeness (QED) is 0.241. The first-order chi connectivity index (χ1) is 18.9. The Morgan fingerprint density at radius 3 is 1.95 bits per heavy atom. The van der Waals surface area contributed by atoms with Crippen LogP contribution < -0.4 is 5.32 Å². The second-order valence-corrected chi connectivity index (χ2v) is 9.51. The molecule has 0 aliphatic heterocycles. The van der Waals surface area contributed by atoms with Crippen molar-refractivity contribution >= 4 is 29.4 Å². The maximum atomic E-state index is 13.8. The van der Waals surface area contributed by atoms with Gasteiger partial charge in [-0.15, -0.1) is 0 Å². The summed E-state index contributed by atoms with van der Waals surface area (Å²) >= 11 is 5.96. The zero-order chi connectivity index (χ0) is 27.6. The number of carbonyl (C=O) groups is 3. The lowest BCUT2D eigenvalue weighted by Crippen LogP contribution is -2.35. The maximum absolute atomic E-state index is 13.8. The molecule has 198 valence electrons. The van der Waals surface area contributed by atoms with Gasteiger partial charge < -0.3 is 15.3 Å². The Balaban J connectivity index is 1.60. The number of halogens is 1. The Hall–Kier alpha value is -4.42. The molecule has 0 heterocycles. The first-order valence-corrected chi connectivity index (χ1v) is 13.1. The number of aliphatic carboxylic acids is 1. The fourth-order valence-electron chi connectivity index (χ4n) is 4.32. The van der Waals surface area contributed by atoms with Crippen LogP contribution in [0.5, 0.6) is 0 Å². The van der Waals surface area contributed by atoms with Gasteiger partial charge in [-0.2, -0.15) is 0 Å². The molecule has 6 nitrogen and oxygen atoms in total. The van der Waals surface area contributed by atoms with Crippen LogP contribution in [0.15, 0.2) is 103 Å². The average Bonchev–Trinajstić information content (AvgIpc) is 2.97. The third-order valence-corrected chi connectivity index (χ3v) is 6.63. The monoisotopic (exact) mass is 540 g/mol. The normalized spacial score (nSPS) is 10.6. The van der Waals surface area contributed by atoms with Gasteiger partial charge in [-0.25, -0.2) is 0 Å². The number of hydrogen-bond acceptors (Lipinski definition) is 3. The van der Waals surface area contributed by atoms with Crippen LogP contribution >= 0.6 is 11.6 Å². The van der Waals surface area contributed by atoms with E-state index >= 15 is 0 Å². The van der Waals surface area contributed by atoms with E-state index in [0.29, 0.717) is 46.8 Å². The van der Waals surface area contributed by atoms with E-state index in [1.54, 1.807) is 41.3 Å². The molecule has 0 aliphatic rings. The van der Waals surface area contributed by atoms with Crippen molar-refractivity contribution in [3.8, 4) is 11.1 Å². The Labute approximate surface area is 232 Å². The molecule has 0 unspecified atom stereocenters. The molecule has 0 aliphatic carbocycles. The van der Waals surface area contributed by atoms with Crippen molar-refractivity contribution in [1.29, 1.82) is 0 Å². The summed E-state index contributed by atoms with van der Waals surface area (Å²) in [6.45, 7) is 0.777. The van der Waals surface area contributed by atoms with Gasteiger partial charge in [-0.05, 0) is 52.9 Å². The van der Waals surface area contributed by atoms with E-state index in [1.807, 2.05) is 66.7 Å². The smallest absolute Gasteiger partial charge is 0.305 e. The molecule has 2 N–H and O–H groups in total. The molecule has 0 bridgehead atoms. The SMILES string of the molecule is O=C(O)CCN(CCc1ccccc1)C(=O)c1ccccc1-c1ccccc1C(=O)NCc1ccc(Cl)cc1. The summed E-state index contributed by atoms with van der Waals surface area (Å²) in [4.78, 5) is 40.0. The molecule has 4 rings (SSSR count). The highest BCUT2D eigenvalue weighted by molar-refractivity contribution is 6.30. The molecule has 0 radical (unpaired) electrons. The predicted molar refractivity (Wildman–Crippen MR) is 153 cm³/mol. The summed E-state index contributed by atoms with van der Waals surface area (Å²) in [6, 6.07) is 31.3. The fourth-order valence-corrected chi connectivity index (χ4v) is 4.45. The fraction of sp³-hybridized carbons (Fsp3) is 0.156. The number of carboxylic acids is 1. The van der Waals surface area contributed by atoms with E-state index in [9.17, 15) is 19.5 Å². The van der Waals surface area contributed by atoms with Gasteiger partial charge in [-0.1, -0.05) is 90.5 Å². The molecule has 0 aromatic heterocycles. The van der Waals surface area contributed by atoms with Gasteiger partial charge in [0.05, 0.1) is 6.42 Å². The van der Waals surface area contributed by atoms with E-state index in [0.717, 1.165) is 11.1 Å². The lowest BCUT2D eigenvalue weighted by molar-refractivity contribution is -0.137. The highest BCUT2D eigenvalue weighted by Crippen LogP contribution is 2.28. The second-order valence-electron chi connectivity index (χ2n) is 9.07. The average molecular weight is 541 g/mol. The van der Waals surface area contributed by atoms with E-state index in [4.69, 9.17) is 11.6 Å². The molecular formula is C32H29ClN2O4. The molecular weight excluding hydrogens is 512 g/mol. The summed E-state index contributed by atoms with van der Waals surface area (Å²) < 4.78 is 0. The largest absolute Gasteiger partial charge is 0.481 e. The van der Waals surface area contributed by atoms with Crippen molar-refractivity contribution in [3.63, 3.8) is 0 Å². The van der Waals surface area contributed by atoms with E-state index in [-0.39, 0.29) is 24.8 Å². The van der Waals surface area contributed by atoms with Crippen LogP contribution in [0.25, 0.3) is 11.1 Å². The highest BCUT2D eigenvalue weighted by Gasteiger charge is 2.22. The summed E-state index contributed by atoms with van der Waals surface area (Å²) in [7, 11) is 0. The van der Waals surface area contributed by atoms with Gasteiger partial charge in [0.15, 0.2) is 0 Å². The van der Waals surface area contributed by atoms with Gasteiger partial charge >= 0.3 is 5.97 Å². The van der Waals surface area contributed by atoms with Crippen LogP contribution in [0.2, 0.25) is 5.02 Å². The standard InChI is InChI=1S/C32H29ClN2O4/c33-25-16-14-24(15-17-25)22-34-31(38)28-12-6-4-10-26(28)27-11-5-7-13-29(27)32(39)35(21-19-30(36)37)20-18-23-8-2-1-3-9-23/h1-17H,18-22H2,(H,34,38)(H,36,37). The Morgan fingerprint density at radius 2 is 1.28 bits per heavy atom. The number of rotatable bonds is 11. The summed E-state index contributed by atoms with van der Waals surface area (Å²) in [5, 5.41) is 12.9. The molecule has 7 heteroatoms. The molecule has 4 aromatic rings. The minimum atomic E-state index is -0.969. The lowest BCUT2D eigenvalue weighted by Gasteiger charge is -2.24. The molecule has 0 saturated carbocycles. The van der Waals surface area contributed by atoms with E-state index in [2.05, 4.69) is 5.32 Å². The summed E-state index contributed by atoms with van der Waals surface area (Å²) in [5.74, 6) is -1.52. The van der Waals surface area contributed by atoms with Gasteiger partial charge in [0.1, 0.15) is 0 Å². The number of carboxylic acid groups (broad SMARTS) is 1. The first-order valence-electron chi connectivity index (χ1n) is 12.7. The van der Waals surface area contributed by atoms with Crippen LogP contribution in [-0.2, 0) is 17.8 Å². The van der Waals surface area contributed by atoms with Gasteiger partial charge in [0, 0.05) is 35.8 Å². The van der Waals surface area contributed by atoms with Crippen LogP contribution in [-0.4, -0.2) is 40.9 Å². The Bertz CT molecular complexity index is 1440. The first kappa shape index (κ1) is 27.6. The van der Waals surface area contributed by atoms with Gasteiger partial charge in [-0.3, -0.25) is 14.4 Å². The predicted octanol–water partition coefficient (Wildman–Crippen LogP) is 6.10. The third kappa shape index (κ3) is 7.55. The van der Waals surface area contributed by atoms with Crippen LogP contribution in [0.3, 0.4) is 0 Å². The van der Waals surface area contributed by atoms with Crippen molar-refractivity contribution in [1.82, 2.24) is 10.2 Å². The number of carbonyl (C=O) groups excluding carboxylic acids is 2. The van der Waals surface area contributed by atoms with Crippen LogP contribution in [0, 0.1) is 0 Å². The molecule has 39 heavy (non-hydrogen) atoms. The Morgan fingerprint density at radius 1 is 0.692 bits per heavy atom. The molecule has 0 fully saturated rings. The lowest BCUT2D eigenvalue weighted by atomic mass is 9.94. The molecule has 2 amide bonds. The van der Waals surface area contributed by atoms with E-state index < -0.39 is 5.97 Å². The second kappa shape index (κ2) is 13.4. The topological polar surface area (TPSA) is 86.7 Å². The number of nitrogens with one attached hydrogen (secondary N) is 1. The molecule has 0 saturated heterocycles.